The Hall–Kier alpha value is -0.810. The van der Waals surface area contributed by atoms with E-state index >= 15 is 0 Å². The third-order valence-corrected chi connectivity index (χ3v) is 1.85. The number of carbonyl (C=O) groups excluding carboxylic acids is 1. The second-order valence-electron chi connectivity index (χ2n) is 5.62. The van der Waals surface area contributed by atoms with E-state index < -0.39 is 11.7 Å². The zero-order valence-corrected chi connectivity index (χ0v) is 11.2. The molecule has 0 aliphatic rings. The van der Waals surface area contributed by atoms with Gasteiger partial charge in [-0.3, -0.25) is 4.84 Å². The molecule has 2 N–H and O–H groups in total. The minimum atomic E-state index is -0.516. The van der Waals surface area contributed by atoms with E-state index in [0.29, 0.717) is 13.2 Å². The van der Waals surface area contributed by atoms with Crippen molar-refractivity contribution >= 4 is 6.09 Å². The number of hydrogen-bond acceptors (Lipinski definition) is 4. The molecule has 5 nitrogen and oxygen atoms in total. The zero-order valence-electron chi connectivity index (χ0n) is 11.2. The number of hydrogen-bond donors (Lipinski definition) is 1. The summed E-state index contributed by atoms with van der Waals surface area (Å²) in [5.41, 5.74) is 4.88. The predicted molar refractivity (Wildman–Crippen MR) is 62.8 cm³/mol. The fourth-order valence-electron chi connectivity index (χ4n) is 0.709. The fraction of sp³-hybridized carbons (Fsp3) is 0.909. The molecule has 1 amide bonds. The molecule has 0 unspecified atom stereocenters. The van der Waals surface area contributed by atoms with Crippen LogP contribution in [0.25, 0.3) is 0 Å². The molecule has 0 saturated carbocycles. The highest BCUT2D eigenvalue weighted by atomic mass is 16.7. The normalized spacial score (nSPS) is 12.4. The number of rotatable bonds is 4. The molecule has 0 radical (unpaired) electrons. The average Bonchev–Trinajstić information content (AvgIpc) is 2.11. The van der Waals surface area contributed by atoms with Crippen molar-refractivity contribution in [1.29, 1.82) is 0 Å². The number of nitrogens with zero attached hydrogens (tertiary/aromatic N) is 1. The number of ether oxygens (including phenoxy) is 1. The molecule has 0 spiro atoms. The van der Waals surface area contributed by atoms with E-state index in [1.165, 1.54) is 7.05 Å². The molecule has 0 fully saturated rings. The van der Waals surface area contributed by atoms with Gasteiger partial charge in [0.1, 0.15) is 5.60 Å². The first-order valence-corrected chi connectivity index (χ1v) is 5.37. The molecule has 5 heteroatoms. The van der Waals surface area contributed by atoms with Gasteiger partial charge in [-0.15, -0.1) is 0 Å². The van der Waals surface area contributed by atoms with Gasteiger partial charge in [-0.25, -0.2) is 4.79 Å². The van der Waals surface area contributed by atoms with E-state index in [1.807, 2.05) is 34.6 Å². The summed E-state index contributed by atoms with van der Waals surface area (Å²) in [6, 6.07) is 0. The van der Waals surface area contributed by atoms with Crippen molar-refractivity contribution in [2.75, 3.05) is 20.2 Å². The number of hydroxylamine groups is 2. The van der Waals surface area contributed by atoms with Gasteiger partial charge in [-0.1, -0.05) is 13.8 Å². The first-order chi connectivity index (χ1) is 7.07. The summed E-state index contributed by atoms with van der Waals surface area (Å²) in [4.78, 5) is 16.8. The van der Waals surface area contributed by atoms with E-state index in [9.17, 15) is 4.79 Å². The van der Waals surface area contributed by atoms with Gasteiger partial charge in [0.2, 0.25) is 0 Å². The summed E-state index contributed by atoms with van der Waals surface area (Å²) in [6.07, 6.45) is -0.500. The number of carbonyl (C=O) groups is 1. The van der Waals surface area contributed by atoms with Crippen LogP contribution < -0.4 is 5.73 Å². The van der Waals surface area contributed by atoms with Crippen molar-refractivity contribution in [3.05, 3.63) is 0 Å². The van der Waals surface area contributed by atoms with Crippen molar-refractivity contribution in [3.63, 3.8) is 0 Å². The second-order valence-corrected chi connectivity index (χ2v) is 5.62. The lowest BCUT2D eigenvalue weighted by molar-refractivity contribution is -0.150. The second kappa shape index (κ2) is 5.50. The van der Waals surface area contributed by atoms with Crippen LogP contribution in [0.2, 0.25) is 0 Å². The summed E-state index contributed by atoms with van der Waals surface area (Å²) < 4.78 is 5.13. The van der Waals surface area contributed by atoms with Crippen LogP contribution in [0.15, 0.2) is 0 Å². The minimum Gasteiger partial charge on any atom is -0.442 e. The smallest absolute Gasteiger partial charge is 0.434 e. The summed E-state index contributed by atoms with van der Waals surface area (Å²) in [6.45, 7) is 10.2. The van der Waals surface area contributed by atoms with Gasteiger partial charge in [0.25, 0.3) is 0 Å². The van der Waals surface area contributed by atoms with Crippen molar-refractivity contribution in [2.45, 2.75) is 40.2 Å². The topological polar surface area (TPSA) is 64.8 Å². The average molecular weight is 232 g/mol. The molecule has 0 heterocycles. The Labute approximate surface area is 97.8 Å². The molecule has 0 aromatic rings. The first-order valence-electron chi connectivity index (χ1n) is 5.37. The highest BCUT2D eigenvalue weighted by Crippen LogP contribution is 2.14. The van der Waals surface area contributed by atoms with Crippen LogP contribution in [0.1, 0.15) is 34.6 Å². The van der Waals surface area contributed by atoms with Crippen LogP contribution >= 0.6 is 0 Å². The van der Waals surface area contributed by atoms with E-state index in [4.69, 9.17) is 15.3 Å². The number of amides is 1. The highest BCUT2D eigenvalue weighted by molar-refractivity contribution is 5.66. The Morgan fingerprint density at radius 2 is 1.75 bits per heavy atom. The largest absolute Gasteiger partial charge is 0.442 e. The van der Waals surface area contributed by atoms with Crippen molar-refractivity contribution < 1.29 is 14.4 Å². The van der Waals surface area contributed by atoms with Gasteiger partial charge in [-0.05, 0) is 27.3 Å². The van der Waals surface area contributed by atoms with Gasteiger partial charge in [0, 0.05) is 12.5 Å². The maximum atomic E-state index is 11.5. The molecular formula is C11H24N2O3. The van der Waals surface area contributed by atoms with Gasteiger partial charge >= 0.3 is 6.09 Å². The molecule has 0 rings (SSSR count). The van der Waals surface area contributed by atoms with E-state index in [0.717, 1.165) is 5.06 Å². The molecule has 0 bridgehead atoms. The molecule has 0 aliphatic carbocycles. The van der Waals surface area contributed by atoms with Crippen LogP contribution in [-0.4, -0.2) is 37.0 Å². The van der Waals surface area contributed by atoms with Crippen molar-refractivity contribution in [1.82, 2.24) is 5.06 Å². The van der Waals surface area contributed by atoms with Gasteiger partial charge in [0.15, 0.2) is 0 Å². The maximum absolute atomic E-state index is 11.5. The fourth-order valence-corrected chi connectivity index (χ4v) is 0.709. The van der Waals surface area contributed by atoms with Gasteiger partial charge in [-0.2, -0.15) is 5.06 Å². The Kier molecular flexibility index (Phi) is 5.22. The monoisotopic (exact) mass is 232 g/mol. The number of nitrogens with two attached hydrogens (primary N) is 1. The lowest BCUT2D eigenvalue weighted by Gasteiger charge is -2.27. The van der Waals surface area contributed by atoms with E-state index in [-0.39, 0.29) is 5.41 Å². The first kappa shape index (κ1) is 15.2. The van der Waals surface area contributed by atoms with E-state index in [2.05, 4.69) is 0 Å². The minimum absolute atomic E-state index is 0.156. The molecular weight excluding hydrogens is 208 g/mol. The molecule has 0 atom stereocenters. The molecule has 96 valence electrons. The van der Waals surface area contributed by atoms with Gasteiger partial charge in [0.05, 0.1) is 6.61 Å². The van der Waals surface area contributed by atoms with Crippen molar-refractivity contribution in [2.24, 2.45) is 11.1 Å². The Balaban J connectivity index is 4.08. The molecule has 0 aromatic heterocycles. The molecule has 16 heavy (non-hydrogen) atoms. The Bertz CT molecular complexity index is 234. The van der Waals surface area contributed by atoms with Crippen molar-refractivity contribution in [3.8, 4) is 0 Å². The third kappa shape index (κ3) is 6.63. The lowest BCUT2D eigenvalue weighted by Crippen LogP contribution is -2.38. The standard InChI is InChI=1S/C11H24N2O3/c1-10(2,3)16-9(14)13(6)15-8-11(4,5)7-12/h7-8,12H2,1-6H3. The zero-order chi connectivity index (χ0) is 13.0. The SMILES string of the molecule is CN(OCC(C)(C)CN)C(=O)OC(C)(C)C. The maximum Gasteiger partial charge on any atom is 0.434 e. The lowest BCUT2D eigenvalue weighted by atomic mass is 9.96. The summed E-state index contributed by atoms with van der Waals surface area (Å²) in [5.74, 6) is 0. The predicted octanol–water partition coefficient (Wildman–Crippen LogP) is 1.77. The van der Waals surface area contributed by atoms with E-state index in [1.54, 1.807) is 0 Å². The quantitative estimate of drug-likeness (QED) is 0.750. The van der Waals surface area contributed by atoms with Crippen LogP contribution in [0, 0.1) is 5.41 Å². The Morgan fingerprint density at radius 1 is 1.25 bits per heavy atom. The van der Waals surface area contributed by atoms with Crippen LogP contribution in [0.3, 0.4) is 0 Å². The van der Waals surface area contributed by atoms with Crippen LogP contribution in [0.5, 0.6) is 0 Å². The molecule has 0 saturated heterocycles. The molecule has 0 aromatic carbocycles. The molecule has 0 aliphatic heterocycles. The summed E-state index contributed by atoms with van der Waals surface area (Å²) in [7, 11) is 1.53. The Morgan fingerprint density at radius 3 is 2.12 bits per heavy atom. The van der Waals surface area contributed by atoms with Gasteiger partial charge < -0.3 is 10.5 Å². The summed E-state index contributed by atoms with van der Waals surface area (Å²) in [5, 5.41) is 1.10. The summed E-state index contributed by atoms with van der Waals surface area (Å²) >= 11 is 0. The third-order valence-electron chi connectivity index (χ3n) is 1.85. The highest BCUT2D eigenvalue weighted by Gasteiger charge is 2.23. The van der Waals surface area contributed by atoms with Crippen LogP contribution in [-0.2, 0) is 9.57 Å². The van der Waals surface area contributed by atoms with Crippen LogP contribution in [0.4, 0.5) is 4.79 Å².